The lowest BCUT2D eigenvalue weighted by Gasteiger charge is -1.99. The second kappa shape index (κ2) is 5.24. The molecule has 0 atom stereocenters. The van der Waals surface area contributed by atoms with E-state index in [0.717, 1.165) is 5.56 Å². The van der Waals surface area contributed by atoms with Crippen molar-refractivity contribution in [2.45, 2.75) is 6.54 Å². The van der Waals surface area contributed by atoms with Crippen LogP contribution in [0.1, 0.15) is 0 Å². The smallest absolute Gasteiger partial charge is 0.271 e. The van der Waals surface area contributed by atoms with Crippen molar-refractivity contribution < 1.29 is 17.7 Å². The number of aromatic nitrogens is 4. The minimum Gasteiger partial charge on any atom is -0.384 e. The molecule has 0 aromatic carbocycles. The highest BCUT2D eigenvalue weighted by Crippen LogP contribution is 2.14. The van der Waals surface area contributed by atoms with Crippen molar-refractivity contribution in [2.24, 2.45) is 0 Å². The molecule has 9 heteroatoms. The molecule has 2 aromatic rings. The normalized spacial score (nSPS) is 11.4. The summed E-state index contributed by atoms with van der Waals surface area (Å²) >= 11 is 0. The number of hydrogen-bond donors (Lipinski definition) is 2. The maximum absolute atomic E-state index is 10.6. The summed E-state index contributed by atoms with van der Waals surface area (Å²) in [5.41, 5.74) is 6.91. The number of aryl methyl sites for hydroxylation is 1. The minimum atomic E-state index is -3.99. The largest absolute Gasteiger partial charge is 0.384 e. The Morgan fingerprint density at radius 3 is 2.74 bits per heavy atom. The van der Waals surface area contributed by atoms with E-state index in [2.05, 4.69) is 15.1 Å². The molecular weight excluding hydrogens is 270 g/mol. The highest BCUT2D eigenvalue weighted by Gasteiger charge is 2.11. The van der Waals surface area contributed by atoms with Gasteiger partial charge in [-0.15, -0.1) is 0 Å². The minimum absolute atomic E-state index is 0.0744. The van der Waals surface area contributed by atoms with E-state index in [9.17, 15) is 8.42 Å². The molecule has 2 aromatic heterocycles. The molecule has 0 unspecified atom stereocenters. The van der Waals surface area contributed by atoms with Crippen LogP contribution in [0.5, 0.6) is 0 Å². The average molecular weight is 282 g/mol. The van der Waals surface area contributed by atoms with Gasteiger partial charge in [-0.05, 0) is 5.10 Å². The molecule has 0 aliphatic heterocycles. The number of rotatable bonds is 4. The maximum Gasteiger partial charge on any atom is 0.271 e. The van der Waals surface area contributed by atoms with Crippen LogP contribution in [-0.2, 0) is 16.7 Å². The second-order valence-corrected chi connectivity index (χ2v) is 5.36. The fourth-order valence-corrected chi connectivity index (χ4v) is 1.82. The van der Waals surface area contributed by atoms with Crippen molar-refractivity contribution in [1.29, 1.82) is 0 Å². The lowest BCUT2D eigenvalue weighted by molar-refractivity contribution is -0.750. The van der Waals surface area contributed by atoms with Crippen LogP contribution in [-0.4, -0.2) is 33.8 Å². The Morgan fingerprint density at radius 2 is 2.16 bits per heavy atom. The SMILES string of the molecule is Nc1cc(-c2cc[n+](CCS(=O)(=O)O)nc2)ncn1. The topological polar surface area (TPSA) is 123 Å². The molecule has 0 radical (unpaired) electrons. The van der Waals surface area contributed by atoms with Crippen molar-refractivity contribution in [2.75, 3.05) is 11.5 Å². The monoisotopic (exact) mass is 282 g/mol. The number of anilines is 1. The molecule has 8 nitrogen and oxygen atoms in total. The predicted molar refractivity (Wildman–Crippen MR) is 66.3 cm³/mol. The van der Waals surface area contributed by atoms with Gasteiger partial charge in [0, 0.05) is 17.7 Å². The van der Waals surface area contributed by atoms with Gasteiger partial charge in [-0.1, -0.05) is 4.68 Å². The van der Waals surface area contributed by atoms with Crippen molar-refractivity contribution in [3.05, 3.63) is 30.9 Å². The molecule has 0 bridgehead atoms. The van der Waals surface area contributed by atoms with Gasteiger partial charge in [0.05, 0.1) is 5.69 Å². The van der Waals surface area contributed by atoms with Crippen molar-refractivity contribution >= 4 is 15.9 Å². The van der Waals surface area contributed by atoms with Gasteiger partial charge in [0.25, 0.3) is 10.1 Å². The highest BCUT2D eigenvalue weighted by atomic mass is 32.2. The van der Waals surface area contributed by atoms with E-state index < -0.39 is 10.1 Å². The fourth-order valence-electron chi connectivity index (χ4n) is 1.41. The Kier molecular flexibility index (Phi) is 3.67. The van der Waals surface area contributed by atoms with Gasteiger partial charge >= 0.3 is 0 Å². The van der Waals surface area contributed by atoms with Crippen molar-refractivity contribution in [3.8, 4) is 11.3 Å². The third-order valence-corrected chi connectivity index (χ3v) is 3.03. The van der Waals surface area contributed by atoms with Gasteiger partial charge < -0.3 is 5.73 Å². The Bertz CT molecular complexity index is 672. The summed E-state index contributed by atoms with van der Waals surface area (Å²) in [7, 11) is -3.99. The summed E-state index contributed by atoms with van der Waals surface area (Å²) in [6, 6.07) is 3.33. The third kappa shape index (κ3) is 3.93. The number of nitrogens with two attached hydrogens (primary N) is 1. The van der Waals surface area contributed by atoms with Gasteiger partial charge in [0.2, 0.25) is 0 Å². The molecule has 0 spiro atoms. The molecular formula is C10H12N5O3S+. The van der Waals surface area contributed by atoms with Crippen LogP contribution in [0.2, 0.25) is 0 Å². The quantitative estimate of drug-likeness (QED) is 0.561. The maximum atomic E-state index is 10.6. The molecule has 0 fully saturated rings. The first-order chi connectivity index (χ1) is 8.94. The molecule has 2 rings (SSSR count). The van der Waals surface area contributed by atoms with Gasteiger partial charge in [0.1, 0.15) is 24.1 Å². The van der Waals surface area contributed by atoms with E-state index >= 15 is 0 Å². The van der Waals surface area contributed by atoms with Gasteiger partial charge in [-0.3, -0.25) is 4.55 Å². The Morgan fingerprint density at radius 1 is 1.37 bits per heavy atom. The second-order valence-electron chi connectivity index (χ2n) is 3.79. The number of hydrogen-bond acceptors (Lipinski definition) is 6. The zero-order valence-corrected chi connectivity index (χ0v) is 10.7. The summed E-state index contributed by atoms with van der Waals surface area (Å²) in [5.74, 6) is -0.0297. The molecule has 0 saturated carbocycles. The van der Waals surface area contributed by atoms with Gasteiger partial charge in [-0.25, -0.2) is 9.97 Å². The molecule has 19 heavy (non-hydrogen) atoms. The molecule has 100 valence electrons. The van der Waals surface area contributed by atoms with E-state index in [4.69, 9.17) is 10.3 Å². The van der Waals surface area contributed by atoms with E-state index in [0.29, 0.717) is 11.5 Å². The lowest BCUT2D eigenvalue weighted by atomic mass is 10.2. The van der Waals surface area contributed by atoms with Gasteiger partial charge in [-0.2, -0.15) is 8.42 Å². The first-order valence-corrected chi connectivity index (χ1v) is 6.94. The zero-order chi connectivity index (χ0) is 13.9. The van der Waals surface area contributed by atoms with Crippen LogP contribution < -0.4 is 10.4 Å². The third-order valence-electron chi connectivity index (χ3n) is 2.33. The van der Waals surface area contributed by atoms with Crippen LogP contribution in [0.3, 0.4) is 0 Å². The lowest BCUT2D eigenvalue weighted by Crippen LogP contribution is -2.40. The molecule has 3 N–H and O–H groups in total. The van der Waals surface area contributed by atoms with Crippen molar-refractivity contribution in [1.82, 2.24) is 15.1 Å². The first kappa shape index (κ1) is 13.3. The summed E-state index contributed by atoms with van der Waals surface area (Å²) in [4.78, 5) is 7.83. The summed E-state index contributed by atoms with van der Waals surface area (Å²) in [6.07, 6.45) is 4.48. The number of nitrogen functional groups attached to an aromatic ring is 1. The summed E-state index contributed by atoms with van der Waals surface area (Å²) in [6.45, 7) is 0.0744. The Hall–Kier alpha value is -2.13. The Labute approximate surface area is 109 Å². The van der Waals surface area contributed by atoms with E-state index in [-0.39, 0.29) is 12.3 Å². The van der Waals surface area contributed by atoms with E-state index in [1.54, 1.807) is 18.3 Å². The molecule has 0 saturated heterocycles. The summed E-state index contributed by atoms with van der Waals surface area (Å²) in [5, 5.41) is 4.03. The molecule has 0 amide bonds. The number of nitrogens with zero attached hydrogens (tertiary/aromatic N) is 4. The highest BCUT2D eigenvalue weighted by molar-refractivity contribution is 7.85. The van der Waals surface area contributed by atoms with Crippen LogP contribution >= 0.6 is 0 Å². The van der Waals surface area contributed by atoms with E-state index in [1.807, 2.05) is 0 Å². The Balaban J connectivity index is 2.15. The fraction of sp³-hybridized carbons (Fsp3) is 0.200. The zero-order valence-electron chi connectivity index (χ0n) is 9.84. The average Bonchev–Trinajstić information content (AvgIpc) is 2.36. The molecule has 2 heterocycles. The molecule has 0 aliphatic rings. The predicted octanol–water partition coefficient (Wildman–Crippen LogP) is -0.704. The van der Waals surface area contributed by atoms with Gasteiger partial charge in [0.15, 0.2) is 12.7 Å². The van der Waals surface area contributed by atoms with Crippen LogP contribution in [0, 0.1) is 0 Å². The standard InChI is InChI=1S/C10H11N5O3S/c11-10-5-9(12-7-13-10)8-1-2-15(14-6-8)3-4-19(16,17)18/h1-2,5-7H,3-4H2,(H2-,11,12,13,16,17,18)/p+1. The molecule has 0 aliphatic carbocycles. The van der Waals surface area contributed by atoms with Crippen molar-refractivity contribution in [3.63, 3.8) is 0 Å². The summed E-state index contributed by atoms with van der Waals surface area (Å²) < 4.78 is 31.3. The van der Waals surface area contributed by atoms with E-state index in [1.165, 1.54) is 17.2 Å². The van der Waals surface area contributed by atoms with Crippen LogP contribution in [0.15, 0.2) is 30.9 Å². The van der Waals surface area contributed by atoms with Crippen LogP contribution in [0.25, 0.3) is 11.3 Å². The first-order valence-electron chi connectivity index (χ1n) is 5.33. The van der Waals surface area contributed by atoms with Crippen LogP contribution in [0.4, 0.5) is 5.82 Å².